The molecule has 0 aliphatic carbocycles. The van der Waals surface area contributed by atoms with E-state index in [0.717, 1.165) is 37.8 Å². The van der Waals surface area contributed by atoms with Gasteiger partial charge in [-0.25, -0.2) is 0 Å². The molecule has 0 aliphatic rings. The molecular weight excluding hydrogens is 358 g/mol. The average Bonchev–Trinajstić information content (AvgIpc) is 2.52. The summed E-state index contributed by atoms with van der Waals surface area (Å²) in [6, 6.07) is 2.06. The molecule has 0 aromatic rings. The van der Waals surface area contributed by atoms with E-state index in [1.54, 1.807) is 0 Å². The highest BCUT2D eigenvalue weighted by Crippen LogP contribution is 2.18. The first-order valence-corrected chi connectivity index (χ1v) is 14.9. The monoisotopic (exact) mass is 399 g/mol. The average molecular weight is 400 g/mol. The first-order valence-electron chi connectivity index (χ1n) is 9.23. The minimum atomic E-state index is -2.37. The normalized spacial score (nSPS) is 12.0. The summed E-state index contributed by atoms with van der Waals surface area (Å²) in [6.45, 7) is 16.1. The van der Waals surface area contributed by atoms with Crippen LogP contribution < -0.4 is 5.73 Å². The molecule has 0 unspecified atom stereocenters. The van der Waals surface area contributed by atoms with Crippen molar-refractivity contribution < 1.29 is 17.7 Å². The summed E-state index contributed by atoms with van der Waals surface area (Å²) in [5, 5.41) is 0. The van der Waals surface area contributed by atoms with E-state index in [0.29, 0.717) is 19.8 Å². The van der Waals surface area contributed by atoms with Crippen molar-refractivity contribution in [2.24, 2.45) is 5.73 Å². The molecule has 0 fully saturated rings. The minimum Gasteiger partial charge on any atom is -0.418 e. The molecule has 0 amide bonds. The molecule has 5 nitrogen and oxygen atoms in total. The van der Waals surface area contributed by atoms with Crippen molar-refractivity contribution in [2.45, 2.75) is 65.7 Å². The van der Waals surface area contributed by atoms with Gasteiger partial charge in [0.25, 0.3) is 0 Å². The Morgan fingerprint density at radius 2 is 1.21 bits per heavy atom. The van der Waals surface area contributed by atoms with E-state index >= 15 is 0 Å². The smallest absolute Gasteiger partial charge is 0.418 e. The third-order valence-electron chi connectivity index (χ3n) is 3.25. The van der Waals surface area contributed by atoms with Crippen LogP contribution in [0.25, 0.3) is 0 Å². The van der Waals surface area contributed by atoms with Crippen LogP contribution in [0.4, 0.5) is 0 Å². The Kier molecular flexibility index (Phi) is 19.0. The van der Waals surface area contributed by atoms with Crippen molar-refractivity contribution in [1.82, 2.24) is 0 Å². The van der Waals surface area contributed by atoms with Gasteiger partial charge in [-0.3, -0.25) is 0 Å². The van der Waals surface area contributed by atoms with Crippen molar-refractivity contribution in [1.29, 1.82) is 0 Å². The molecule has 0 atom stereocenters. The lowest BCUT2D eigenvalue weighted by Gasteiger charge is -2.28. The van der Waals surface area contributed by atoms with Gasteiger partial charge in [0.05, 0.1) is 0 Å². The van der Waals surface area contributed by atoms with Crippen molar-refractivity contribution in [3.63, 3.8) is 0 Å². The van der Waals surface area contributed by atoms with E-state index in [1.807, 2.05) is 20.8 Å². The summed E-state index contributed by atoms with van der Waals surface area (Å²) >= 11 is 4.19. The third-order valence-corrected chi connectivity index (χ3v) is 9.35. The van der Waals surface area contributed by atoms with Crippen LogP contribution in [0, 0.1) is 0 Å². The molecule has 0 spiro atoms. The first-order chi connectivity index (χ1) is 11.4. The van der Waals surface area contributed by atoms with Crippen LogP contribution in [0.1, 0.15) is 40.5 Å². The fourth-order valence-corrected chi connectivity index (χ4v) is 7.34. The predicted molar refractivity (Wildman–Crippen MR) is 111 cm³/mol. The number of hydrogen-bond acceptors (Lipinski definition) is 6. The summed E-state index contributed by atoms with van der Waals surface area (Å²) in [5.41, 5.74) is 5.40. The van der Waals surface area contributed by atoms with E-state index in [9.17, 15) is 0 Å². The maximum Gasteiger partial charge on any atom is 0.500 e. The first kappa shape index (κ1) is 26.8. The molecule has 0 rings (SSSR count). The van der Waals surface area contributed by atoms with Gasteiger partial charge in [0, 0.05) is 32.5 Å². The van der Waals surface area contributed by atoms with Gasteiger partial charge in [-0.1, -0.05) is 0 Å². The van der Waals surface area contributed by atoms with E-state index in [-0.39, 0.29) is 0 Å². The molecule has 8 heteroatoms. The Morgan fingerprint density at radius 1 is 0.750 bits per heavy atom. The van der Waals surface area contributed by atoms with Crippen LogP contribution in [0.15, 0.2) is 0 Å². The fourth-order valence-electron chi connectivity index (χ4n) is 2.29. The third kappa shape index (κ3) is 14.9. The van der Waals surface area contributed by atoms with Crippen molar-refractivity contribution in [3.8, 4) is 0 Å². The van der Waals surface area contributed by atoms with Crippen LogP contribution in [-0.2, 0) is 17.7 Å². The minimum absolute atomic E-state index is 0.652. The zero-order valence-electron chi connectivity index (χ0n) is 16.7. The largest absolute Gasteiger partial charge is 0.500 e. The van der Waals surface area contributed by atoms with Gasteiger partial charge in [0.1, 0.15) is 0 Å². The maximum atomic E-state index is 5.67. The number of thiol groups is 1. The predicted octanol–water partition coefficient (Wildman–Crippen LogP) is 3.93. The Labute approximate surface area is 157 Å². The molecule has 0 saturated heterocycles. The second kappa shape index (κ2) is 17.0. The van der Waals surface area contributed by atoms with Crippen LogP contribution in [0.3, 0.4) is 0 Å². The van der Waals surface area contributed by atoms with Crippen LogP contribution in [-0.4, -0.2) is 55.8 Å². The molecule has 0 aromatic heterocycles. The highest BCUT2D eigenvalue weighted by Gasteiger charge is 2.39. The standard InChI is InChI=1S/C9H22O3SSi.C7H19NOSi/c1-4-10-14(11-5-2,12-6-3)9-7-8-13;1-4-9-10(2,3)7-5-6-8/h13H,4-9H2,1-3H3;4-8H2,1-3H3. The van der Waals surface area contributed by atoms with E-state index in [1.165, 1.54) is 6.04 Å². The van der Waals surface area contributed by atoms with Crippen molar-refractivity contribution in [3.05, 3.63) is 0 Å². The van der Waals surface area contributed by atoms with Gasteiger partial charge < -0.3 is 23.4 Å². The number of nitrogens with two attached hydrogens (primary N) is 1. The fraction of sp³-hybridized carbons (Fsp3) is 1.00. The van der Waals surface area contributed by atoms with Gasteiger partial charge >= 0.3 is 8.80 Å². The Hall–Kier alpha value is 0.584. The van der Waals surface area contributed by atoms with Crippen LogP contribution in [0.5, 0.6) is 0 Å². The van der Waals surface area contributed by atoms with Gasteiger partial charge in [0.2, 0.25) is 0 Å². The lowest BCUT2D eigenvalue weighted by molar-refractivity contribution is 0.0712. The Morgan fingerprint density at radius 3 is 1.54 bits per heavy atom. The van der Waals surface area contributed by atoms with E-state index in [2.05, 4.69) is 32.6 Å². The molecule has 0 aromatic carbocycles. The molecule has 0 radical (unpaired) electrons. The van der Waals surface area contributed by atoms with E-state index < -0.39 is 17.1 Å². The van der Waals surface area contributed by atoms with Gasteiger partial charge in [-0.2, -0.15) is 12.6 Å². The zero-order chi connectivity index (χ0) is 18.9. The summed E-state index contributed by atoms with van der Waals surface area (Å²) < 4.78 is 22.6. The molecular formula is C16H41NO4SSi2. The van der Waals surface area contributed by atoms with Crippen LogP contribution >= 0.6 is 12.6 Å². The maximum absolute atomic E-state index is 5.67. The molecule has 0 bridgehead atoms. The molecule has 0 aliphatic heterocycles. The molecule has 0 heterocycles. The quantitative estimate of drug-likeness (QED) is 0.342. The second-order valence-electron chi connectivity index (χ2n) is 5.89. The zero-order valence-corrected chi connectivity index (χ0v) is 19.6. The molecule has 0 saturated carbocycles. The van der Waals surface area contributed by atoms with Crippen molar-refractivity contribution >= 4 is 29.8 Å². The topological polar surface area (TPSA) is 62.9 Å². The number of rotatable bonds is 14. The SMILES string of the molecule is CCO[Si](C)(C)CCCN.CCO[Si](CCCS)(OCC)OCC. The van der Waals surface area contributed by atoms with Crippen molar-refractivity contribution in [2.75, 3.05) is 38.7 Å². The van der Waals surface area contributed by atoms with Gasteiger partial charge in [-0.05, 0) is 72.0 Å². The lowest BCUT2D eigenvalue weighted by atomic mass is 10.5. The Bertz CT molecular complexity index is 257. The number of hydrogen-bond donors (Lipinski definition) is 2. The lowest BCUT2D eigenvalue weighted by Crippen LogP contribution is -2.46. The Balaban J connectivity index is 0. The molecule has 2 N–H and O–H groups in total. The summed E-state index contributed by atoms with van der Waals surface area (Å²) in [4.78, 5) is 0. The molecule has 148 valence electrons. The summed E-state index contributed by atoms with van der Waals surface area (Å²) in [6.07, 6.45) is 2.09. The van der Waals surface area contributed by atoms with E-state index in [4.69, 9.17) is 23.4 Å². The highest BCUT2D eigenvalue weighted by atomic mass is 32.1. The van der Waals surface area contributed by atoms with Crippen LogP contribution in [0.2, 0.25) is 25.2 Å². The highest BCUT2D eigenvalue weighted by molar-refractivity contribution is 7.80. The van der Waals surface area contributed by atoms with Gasteiger partial charge in [0.15, 0.2) is 8.32 Å². The molecule has 24 heavy (non-hydrogen) atoms. The van der Waals surface area contributed by atoms with Gasteiger partial charge in [-0.15, -0.1) is 0 Å². The summed E-state index contributed by atoms with van der Waals surface area (Å²) in [7, 11) is -3.67. The summed E-state index contributed by atoms with van der Waals surface area (Å²) in [5.74, 6) is 0.849. The second-order valence-corrected chi connectivity index (χ2v) is 13.4.